The molecule has 0 radical (unpaired) electrons. The summed E-state index contributed by atoms with van der Waals surface area (Å²) in [6, 6.07) is 0. The Morgan fingerprint density at radius 2 is 2.32 bits per heavy atom. The minimum atomic E-state index is 0.359. The van der Waals surface area contributed by atoms with Gasteiger partial charge in [-0.3, -0.25) is 0 Å². The molecule has 0 spiro atoms. The van der Waals surface area contributed by atoms with Crippen LogP contribution in [0.25, 0.3) is 0 Å². The molecule has 2 aliphatic rings. The lowest BCUT2D eigenvalue weighted by atomic mass is 10.1. The fourth-order valence-corrected chi connectivity index (χ4v) is 2.96. The summed E-state index contributed by atoms with van der Waals surface area (Å²) in [7, 11) is 2.12. The third kappa shape index (κ3) is 2.72. The van der Waals surface area contributed by atoms with Crippen molar-refractivity contribution in [1.29, 1.82) is 0 Å². The second-order valence-corrected chi connectivity index (χ2v) is 5.46. The van der Waals surface area contributed by atoms with E-state index in [1.807, 2.05) is 6.92 Å². The van der Waals surface area contributed by atoms with Crippen LogP contribution in [0.15, 0.2) is 0 Å². The van der Waals surface area contributed by atoms with Crippen molar-refractivity contribution in [2.75, 3.05) is 31.6 Å². The summed E-state index contributed by atoms with van der Waals surface area (Å²) in [6.45, 7) is 5.68. The zero-order chi connectivity index (χ0) is 13.2. The first-order valence-corrected chi connectivity index (χ1v) is 7.14. The van der Waals surface area contributed by atoms with Crippen LogP contribution in [0.1, 0.15) is 29.9 Å². The zero-order valence-electron chi connectivity index (χ0n) is 11.8. The summed E-state index contributed by atoms with van der Waals surface area (Å²) < 4.78 is 5.72. The first kappa shape index (κ1) is 12.8. The van der Waals surface area contributed by atoms with E-state index in [9.17, 15) is 0 Å². The molecule has 0 aliphatic carbocycles. The molecule has 19 heavy (non-hydrogen) atoms. The minimum absolute atomic E-state index is 0.359. The summed E-state index contributed by atoms with van der Waals surface area (Å²) in [4.78, 5) is 11.5. The van der Waals surface area contributed by atoms with Gasteiger partial charge in [0.05, 0.1) is 11.8 Å². The number of nitrogens with zero attached hydrogens (tertiary/aromatic N) is 3. The van der Waals surface area contributed by atoms with Gasteiger partial charge in [-0.15, -0.1) is 0 Å². The normalized spacial score (nSPS) is 22.3. The number of likely N-dealkylation sites (N-methyl/N-ethyl adjacent to an activating group) is 1. The average molecular weight is 262 g/mol. The molecule has 1 fully saturated rings. The maximum atomic E-state index is 5.72. The molecule has 1 aromatic rings. The van der Waals surface area contributed by atoms with Crippen LogP contribution in [-0.2, 0) is 17.7 Å². The van der Waals surface area contributed by atoms with E-state index >= 15 is 0 Å². The van der Waals surface area contributed by atoms with Gasteiger partial charge in [0.2, 0.25) is 0 Å². The molecule has 5 heteroatoms. The van der Waals surface area contributed by atoms with E-state index in [0.29, 0.717) is 6.10 Å². The van der Waals surface area contributed by atoms with Gasteiger partial charge in [-0.25, -0.2) is 9.97 Å². The summed E-state index contributed by atoms with van der Waals surface area (Å²) >= 11 is 0. The lowest BCUT2D eigenvalue weighted by Gasteiger charge is -2.27. The van der Waals surface area contributed by atoms with E-state index in [4.69, 9.17) is 4.74 Å². The van der Waals surface area contributed by atoms with Crippen molar-refractivity contribution in [3.05, 3.63) is 17.1 Å². The number of fused-ring (bicyclic) bond motifs is 1. The fourth-order valence-electron chi connectivity index (χ4n) is 2.96. The summed E-state index contributed by atoms with van der Waals surface area (Å²) in [5.41, 5.74) is 2.47. The maximum absolute atomic E-state index is 5.72. The van der Waals surface area contributed by atoms with Gasteiger partial charge in [-0.1, -0.05) is 0 Å². The minimum Gasteiger partial charge on any atom is -0.376 e. The van der Waals surface area contributed by atoms with Gasteiger partial charge in [0.25, 0.3) is 0 Å². The van der Waals surface area contributed by atoms with Gasteiger partial charge >= 0.3 is 0 Å². The van der Waals surface area contributed by atoms with E-state index in [1.165, 1.54) is 12.0 Å². The highest BCUT2D eigenvalue weighted by atomic mass is 16.5. The van der Waals surface area contributed by atoms with Crippen LogP contribution >= 0.6 is 0 Å². The van der Waals surface area contributed by atoms with Crippen molar-refractivity contribution in [3.8, 4) is 0 Å². The average Bonchev–Trinajstić information content (AvgIpc) is 2.90. The monoisotopic (exact) mass is 262 g/mol. The second kappa shape index (κ2) is 5.43. The lowest BCUT2D eigenvalue weighted by molar-refractivity contribution is 0.116. The predicted octanol–water partition coefficient (Wildman–Crippen LogP) is 1.05. The Hall–Kier alpha value is -1.20. The summed E-state index contributed by atoms with van der Waals surface area (Å²) in [5.74, 6) is 1.95. The number of nitrogens with one attached hydrogen (secondary N) is 1. The molecular weight excluding hydrogens is 240 g/mol. The SMILES string of the molecule is Cc1nc2c(c(N(C)CC3CCCO3)n1)CCNC2. The quantitative estimate of drug-likeness (QED) is 0.882. The van der Waals surface area contributed by atoms with Crippen molar-refractivity contribution >= 4 is 5.82 Å². The smallest absolute Gasteiger partial charge is 0.135 e. The highest BCUT2D eigenvalue weighted by molar-refractivity contribution is 5.49. The Bertz CT molecular complexity index is 457. The van der Waals surface area contributed by atoms with Crippen molar-refractivity contribution in [3.63, 3.8) is 0 Å². The number of rotatable bonds is 3. The summed E-state index contributed by atoms with van der Waals surface area (Å²) in [6.07, 6.45) is 3.72. The first-order valence-electron chi connectivity index (χ1n) is 7.14. The van der Waals surface area contributed by atoms with Crippen LogP contribution < -0.4 is 10.2 Å². The third-order valence-corrected chi connectivity index (χ3v) is 3.89. The Kier molecular flexibility index (Phi) is 3.66. The molecule has 104 valence electrons. The van der Waals surface area contributed by atoms with Crippen molar-refractivity contribution in [2.45, 2.75) is 38.8 Å². The highest BCUT2D eigenvalue weighted by Crippen LogP contribution is 2.24. The Morgan fingerprint density at radius 3 is 3.11 bits per heavy atom. The topological polar surface area (TPSA) is 50.3 Å². The molecule has 3 heterocycles. The zero-order valence-corrected chi connectivity index (χ0v) is 11.8. The Labute approximate surface area is 114 Å². The van der Waals surface area contributed by atoms with Gasteiger partial charge in [-0.05, 0) is 32.7 Å². The molecule has 3 rings (SSSR count). The van der Waals surface area contributed by atoms with E-state index in [1.54, 1.807) is 0 Å². The lowest BCUT2D eigenvalue weighted by Crippen LogP contribution is -2.33. The number of ether oxygens (including phenoxy) is 1. The van der Waals surface area contributed by atoms with Gasteiger partial charge in [0, 0.05) is 32.3 Å². The third-order valence-electron chi connectivity index (χ3n) is 3.89. The molecule has 1 unspecified atom stereocenters. The molecule has 1 N–H and O–H groups in total. The highest BCUT2D eigenvalue weighted by Gasteiger charge is 2.22. The molecule has 0 bridgehead atoms. The molecular formula is C14H22N4O. The van der Waals surface area contributed by atoms with Gasteiger partial charge in [0.1, 0.15) is 11.6 Å². The largest absolute Gasteiger partial charge is 0.376 e. The van der Waals surface area contributed by atoms with Gasteiger partial charge < -0.3 is 15.0 Å². The van der Waals surface area contributed by atoms with Crippen LogP contribution in [-0.4, -0.2) is 42.8 Å². The van der Waals surface area contributed by atoms with E-state index < -0.39 is 0 Å². The van der Waals surface area contributed by atoms with Crippen molar-refractivity contribution < 1.29 is 4.74 Å². The van der Waals surface area contributed by atoms with Gasteiger partial charge in [0.15, 0.2) is 0 Å². The maximum Gasteiger partial charge on any atom is 0.135 e. The number of hydrogen-bond donors (Lipinski definition) is 1. The van der Waals surface area contributed by atoms with E-state index in [-0.39, 0.29) is 0 Å². The fraction of sp³-hybridized carbons (Fsp3) is 0.714. The molecule has 1 atom stereocenters. The number of aromatic nitrogens is 2. The van der Waals surface area contributed by atoms with E-state index in [0.717, 1.165) is 56.4 Å². The van der Waals surface area contributed by atoms with Crippen LogP contribution in [0.4, 0.5) is 5.82 Å². The molecule has 1 saturated heterocycles. The molecule has 0 saturated carbocycles. The molecule has 2 aliphatic heterocycles. The molecule has 5 nitrogen and oxygen atoms in total. The van der Waals surface area contributed by atoms with Gasteiger partial charge in [-0.2, -0.15) is 0 Å². The van der Waals surface area contributed by atoms with E-state index in [2.05, 4.69) is 27.2 Å². The number of hydrogen-bond acceptors (Lipinski definition) is 5. The Morgan fingerprint density at radius 1 is 1.42 bits per heavy atom. The second-order valence-electron chi connectivity index (χ2n) is 5.46. The van der Waals surface area contributed by atoms with Crippen LogP contribution in [0.2, 0.25) is 0 Å². The number of anilines is 1. The van der Waals surface area contributed by atoms with Crippen molar-refractivity contribution in [1.82, 2.24) is 15.3 Å². The standard InChI is InChI=1S/C14H22N4O/c1-10-16-13-8-15-6-5-12(13)14(17-10)18(2)9-11-4-3-7-19-11/h11,15H,3-9H2,1-2H3. The molecule has 1 aromatic heterocycles. The first-order chi connectivity index (χ1) is 9.24. The van der Waals surface area contributed by atoms with Crippen LogP contribution in [0, 0.1) is 6.92 Å². The van der Waals surface area contributed by atoms with Crippen LogP contribution in [0.3, 0.4) is 0 Å². The molecule has 0 amide bonds. The Balaban J connectivity index is 1.83. The molecule has 0 aromatic carbocycles. The van der Waals surface area contributed by atoms with Crippen molar-refractivity contribution in [2.24, 2.45) is 0 Å². The predicted molar refractivity (Wildman–Crippen MR) is 74.4 cm³/mol. The van der Waals surface area contributed by atoms with Crippen LogP contribution in [0.5, 0.6) is 0 Å². The summed E-state index contributed by atoms with van der Waals surface area (Å²) in [5, 5.41) is 3.37. The number of aryl methyl sites for hydroxylation is 1.